The van der Waals surface area contributed by atoms with Gasteiger partial charge in [-0.2, -0.15) is 0 Å². The fourth-order valence-corrected chi connectivity index (χ4v) is 3.36. The number of halogens is 1. The molecule has 0 aliphatic carbocycles. The Morgan fingerprint density at radius 3 is 2.48 bits per heavy atom. The van der Waals surface area contributed by atoms with Gasteiger partial charge in [0.1, 0.15) is 6.04 Å². The molecule has 4 nitrogen and oxygen atoms in total. The van der Waals surface area contributed by atoms with Crippen molar-refractivity contribution < 1.29 is 9.59 Å². The molecule has 2 aromatic rings. The molecule has 0 spiro atoms. The van der Waals surface area contributed by atoms with Crippen LogP contribution >= 0.6 is 15.9 Å². The van der Waals surface area contributed by atoms with E-state index < -0.39 is 6.04 Å². The van der Waals surface area contributed by atoms with Crippen LogP contribution in [0.5, 0.6) is 0 Å². The summed E-state index contributed by atoms with van der Waals surface area (Å²) in [5.74, 6) is -0.177. The third-order valence-corrected chi connectivity index (χ3v) is 4.89. The van der Waals surface area contributed by atoms with Crippen LogP contribution in [0.15, 0.2) is 53.0 Å². The molecule has 2 amide bonds. The van der Waals surface area contributed by atoms with Crippen LogP contribution in [0.3, 0.4) is 0 Å². The summed E-state index contributed by atoms with van der Waals surface area (Å²) in [7, 11) is 0. The molecular weight excluding hydrogens is 404 g/mol. The highest BCUT2D eigenvalue weighted by Crippen LogP contribution is 2.17. The van der Waals surface area contributed by atoms with Crippen LogP contribution in [0.1, 0.15) is 37.0 Å². The Hall–Kier alpha value is -2.14. The summed E-state index contributed by atoms with van der Waals surface area (Å²) in [6.45, 7) is 6.81. The van der Waals surface area contributed by atoms with Crippen molar-refractivity contribution in [3.05, 3.63) is 69.7 Å². The minimum atomic E-state index is -0.534. The highest BCUT2D eigenvalue weighted by Gasteiger charge is 2.26. The van der Waals surface area contributed by atoms with E-state index in [1.165, 1.54) is 0 Å². The van der Waals surface area contributed by atoms with Crippen molar-refractivity contribution in [2.75, 3.05) is 6.54 Å². The minimum absolute atomic E-state index is 0.0558. The van der Waals surface area contributed by atoms with Crippen LogP contribution in [0.4, 0.5) is 0 Å². The lowest BCUT2D eigenvalue weighted by molar-refractivity contribution is -0.140. The molecule has 0 radical (unpaired) electrons. The van der Waals surface area contributed by atoms with E-state index in [0.717, 1.165) is 27.6 Å². The fourth-order valence-electron chi connectivity index (χ4n) is 2.91. The average Bonchev–Trinajstić information content (AvgIpc) is 2.63. The molecule has 0 saturated carbocycles. The van der Waals surface area contributed by atoms with Crippen molar-refractivity contribution >= 4 is 27.7 Å². The van der Waals surface area contributed by atoms with Crippen molar-refractivity contribution in [3.63, 3.8) is 0 Å². The predicted molar refractivity (Wildman–Crippen MR) is 112 cm³/mol. The number of carbonyl (C=O) groups is 2. The summed E-state index contributed by atoms with van der Waals surface area (Å²) in [4.78, 5) is 27.2. The first-order valence-corrected chi connectivity index (χ1v) is 10.1. The van der Waals surface area contributed by atoms with Crippen LogP contribution in [-0.4, -0.2) is 29.3 Å². The number of carbonyl (C=O) groups excluding carboxylic acids is 2. The van der Waals surface area contributed by atoms with Gasteiger partial charge < -0.3 is 10.2 Å². The third kappa shape index (κ3) is 6.51. The standard InChI is InChI=1S/C22H27BrN2O2/c1-4-11-24-22(27)17(3)25(15-19-9-6-10-20(23)13-19)21(26)14-18-8-5-7-16(2)12-18/h5-10,12-13,17H,4,11,14-15H2,1-3H3,(H,24,27)/t17-/m0/s1. The van der Waals surface area contributed by atoms with Crippen LogP contribution in [0.2, 0.25) is 0 Å². The first-order valence-electron chi connectivity index (χ1n) is 9.28. The summed E-state index contributed by atoms with van der Waals surface area (Å²) in [6.07, 6.45) is 1.14. The van der Waals surface area contributed by atoms with Crippen LogP contribution in [-0.2, 0) is 22.6 Å². The van der Waals surface area contributed by atoms with Gasteiger partial charge >= 0.3 is 0 Å². The normalized spacial score (nSPS) is 11.7. The fraction of sp³-hybridized carbons (Fsp3) is 0.364. The zero-order chi connectivity index (χ0) is 19.8. The average molecular weight is 431 g/mol. The molecule has 1 atom stereocenters. The number of nitrogens with zero attached hydrogens (tertiary/aromatic N) is 1. The van der Waals surface area contributed by atoms with Crippen LogP contribution in [0.25, 0.3) is 0 Å². The summed E-state index contributed by atoms with van der Waals surface area (Å²) in [5.41, 5.74) is 3.06. The molecule has 0 saturated heterocycles. The van der Waals surface area contributed by atoms with E-state index in [0.29, 0.717) is 13.1 Å². The van der Waals surface area contributed by atoms with Gasteiger partial charge in [0.15, 0.2) is 0 Å². The lowest BCUT2D eigenvalue weighted by Crippen LogP contribution is -2.48. The second-order valence-corrected chi connectivity index (χ2v) is 7.70. The zero-order valence-electron chi connectivity index (χ0n) is 16.2. The summed E-state index contributed by atoms with van der Waals surface area (Å²) < 4.78 is 0.953. The molecule has 0 unspecified atom stereocenters. The predicted octanol–water partition coefficient (Wildman–Crippen LogP) is 4.24. The Morgan fingerprint density at radius 1 is 1.11 bits per heavy atom. The van der Waals surface area contributed by atoms with Crippen molar-refractivity contribution in [2.45, 2.75) is 46.2 Å². The number of aryl methyl sites for hydroxylation is 1. The molecule has 0 aliphatic rings. The maximum atomic E-state index is 13.1. The Labute approximate surface area is 170 Å². The molecule has 144 valence electrons. The molecule has 0 bridgehead atoms. The molecule has 0 heterocycles. The Morgan fingerprint density at radius 2 is 1.81 bits per heavy atom. The van der Waals surface area contributed by atoms with Gasteiger partial charge in [-0.1, -0.05) is 64.8 Å². The van der Waals surface area contributed by atoms with Crippen molar-refractivity contribution in [1.29, 1.82) is 0 Å². The number of benzene rings is 2. The SMILES string of the molecule is CCCNC(=O)[C@H](C)N(Cc1cccc(Br)c1)C(=O)Cc1cccc(C)c1. The monoisotopic (exact) mass is 430 g/mol. The number of hydrogen-bond acceptors (Lipinski definition) is 2. The van der Waals surface area contributed by atoms with Gasteiger partial charge in [-0.3, -0.25) is 9.59 Å². The second-order valence-electron chi connectivity index (χ2n) is 6.78. The van der Waals surface area contributed by atoms with E-state index in [9.17, 15) is 9.59 Å². The van der Waals surface area contributed by atoms with Crippen LogP contribution in [0, 0.1) is 6.92 Å². The van der Waals surface area contributed by atoms with E-state index in [4.69, 9.17) is 0 Å². The van der Waals surface area contributed by atoms with Gasteiger partial charge in [-0.15, -0.1) is 0 Å². The van der Waals surface area contributed by atoms with E-state index in [1.807, 2.05) is 62.4 Å². The molecule has 2 rings (SSSR count). The third-order valence-electron chi connectivity index (χ3n) is 4.40. The highest BCUT2D eigenvalue weighted by molar-refractivity contribution is 9.10. The molecule has 5 heteroatoms. The molecule has 0 aromatic heterocycles. The maximum absolute atomic E-state index is 13.1. The van der Waals surface area contributed by atoms with Crippen LogP contribution < -0.4 is 5.32 Å². The smallest absolute Gasteiger partial charge is 0.242 e. The van der Waals surface area contributed by atoms with E-state index in [1.54, 1.807) is 11.8 Å². The topological polar surface area (TPSA) is 49.4 Å². The Kier molecular flexibility index (Phi) is 8.04. The molecule has 27 heavy (non-hydrogen) atoms. The van der Waals surface area contributed by atoms with Gasteiger partial charge in [-0.05, 0) is 43.5 Å². The van der Waals surface area contributed by atoms with Gasteiger partial charge in [0, 0.05) is 17.6 Å². The largest absolute Gasteiger partial charge is 0.354 e. The molecule has 0 aliphatic heterocycles. The lowest BCUT2D eigenvalue weighted by Gasteiger charge is -2.29. The molecule has 2 aromatic carbocycles. The molecule has 0 fully saturated rings. The van der Waals surface area contributed by atoms with Crippen molar-refractivity contribution in [1.82, 2.24) is 10.2 Å². The first kappa shape index (κ1) is 21.2. The van der Waals surface area contributed by atoms with Gasteiger partial charge in [0.25, 0.3) is 0 Å². The Bertz CT molecular complexity index is 791. The first-order chi connectivity index (χ1) is 12.9. The maximum Gasteiger partial charge on any atom is 0.242 e. The minimum Gasteiger partial charge on any atom is -0.354 e. The van der Waals surface area contributed by atoms with E-state index in [-0.39, 0.29) is 18.2 Å². The quantitative estimate of drug-likeness (QED) is 0.680. The summed E-state index contributed by atoms with van der Waals surface area (Å²) >= 11 is 3.47. The Balaban J connectivity index is 2.21. The summed E-state index contributed by atoms with van der Waals surface area (Å²) in [6, 6.07) is 15.2. The van der Waals surface area contributed by atoms with Crippen molar-refractivity contribution in [2.24, 2.45) is 0 Å². The van der Waals surface area contributed by atoms with Crippen molar-refractivity contribution in [3.8, 4) is 0 Å². The number of rotatable bonds is 8. The zero-order valence-corrected chi connectivity index (χ0v) is 17.8. The molecular formula is C22H27BrN2O2. The lowest BCUT2D eigenvalue weighted by atomic mass is 10.1. The second kappa shape index (κ2) is 10.3. The number of nitrogens with one attached hydrogen (secondary N) is 1. The highest BCUT2D eigenvalue weighted by atomic mass is 79.9. The van der Waals surface area contributed by atoms with Gasteiger partial charge in [0.05, 0.1) is 6.42 Å². The van der Waals surface area contributed by atoms with Gasteiger partial charge in [0.2, 0.25) is 11.8 Å². The van der Waals surface area contributed by atoms with E-state index in [2.05, 4.69) is 21.2 Å². The summed E-state index contributed by atoms with van der Waals surface area (Å²) in [5, 5.41) is 2.90. The van der Waals surface area contributed by atoms with E-state index >= 15 is 0 Å². The van der Waals surface area contributed by atoms with Gasteiger partial charge in [-0.25, -0.2) is 0 Å². The number of amides is 2. The molecule has 1 N–H and O–H groups in total. The number of hydrogen-bond donors (Lipinski definition) is 1.